The molecule has 0 bridgehead atoms. The van der Waals surface area contributed by atoms with Crippen LogP contribution in [-0.2, 0) is 22.6 Å². The summed E-state index contributed by atoms with van der Waals surface area (Å²) in [6.45, 7) is 1.67. The van der Waals surface area contributed by atoms with Crippen LogP contribution in [0.25, 0.3) is 11.0 Å². The van der Waals surface area contributed by atoms with Crippen LogP contribution in [0.5, 0.6) is 5.75 Å². The van der Waals surface area contributed by atoms with E-state index in [0.717, 1.165) is 37.0 Å². The van der Waals surface area contributed by atoms with Gasteiger partial charge in [0.2, 0.25) is 11.8 Å². The lowest BCUT2D eigenvalue weighted by molar-refractivity contribution is -0.129. The van der Waals surface area contributed by atoms with Gasteiger partial charge in [-0.05, 0) is 37.1 Å². The second-order valence-corrected chi connectivity index (χ2v) is 7.12. The average Bonchev–Trinajstić information content (AvgIpc) is 3.37. The fourth-order valence-corrected chi connectivity index (χ4v) is 3.73. The van der Waals surface area contributed by atoms with E-state index >= 15 is 0 Å². The number of anilines is 1. The van der Waals surface area contributed by atoms with Gasteiger partial charge in [0.25, 0.3) is 0 Å². The van der Waals surface area contributed by atoms with E-state index in [-0.39, 0.29) is 24.8 Å². The Morgan fingerprint density at radius 2 is 1.79 bits per heavy atom. The van der Waals surface area contributed by atoms with Crippen molar-refractivity contribution in [1.29, 1.82) is 0 Å². The molecule has 2 heterocycles. The van der Waals surface area contributed by atoms with Gasteiger partial charge in [0.1, 0.15) is 18.1 Å². The van der Waals surface area contributed by atoms with E-state index in [0.29, 0.717) is 17.3 Å². The Bertz CT molecular complexity index is 1040. The monoisotopic (exact) mass is 392 g/mol. The van der Waals surface area contributed by atoms with E-state index in [1.807, 2.05) is 45.9 Å². The molecule has 150 valence electrons. The third kappa shape index (κ3) is 4.08. The minimum Gasteiger partial charge on any atom is -0.495 e. The zero-order chi connectivity index (χ0) is 20.2. The molecule has 1 N–H and O–H groups in total. The van der Waals surface area contributed by atoms with Crippen molar-refractivity contribution in [3.8, 4) is 5.75 Å². The molecule has 0 saturated carbocycles. The number of imidazole rings is 1. The van der Waals surface area contributed by atoms with Gasteiger partial charge in [0.15, 0.2) is 0 Å². The third-order valence-electron chi connectivity index (χ3n) is 5.18. The maximum absolute atomic E-state index is 12.8. The highest BCUT2D eigenvalue weighted by molar-refractivity contribution is 5.93. The van der Waals surface area contributed by atoms with Gasteiger partial charge < -0.3 is 19.5 Å². The van der Waals surface area contributed by atoms with Crippen LogP contribution >= 0.6 is 0 Å². The quantitative estimate of drug-likeness (QED) is 0.700. The summed E-state index contributed by atoms with van der Waals surface area (Å²) in [5, 5.41) is 2.89. The van der Waals surface area contributed by atoms with Crippen molar-refractivity contribution >= 4 is 28.5 Å². The fraction of sp³-hybridized carbons (Fsp3) is 0.318. The van der Waals surface area contributed by atoms with Crippen LogP contribution in [0.2, 0.25) is 0 Å². The first-order valence-electron chi connectivity index (χ1n) is 9.80. The number of nitrogens with zero attached hydrogens (tertiary/aromatic N) is 3. The normalized spacial score (nSPS) is 13.6. The predicted octanol–water partition coefficient (Wildman–Crippen LogP) is 2.85. The largest absolute Gasteiger partial charge is 0.495 e. The van der Waals surface area contributed by atoms with Crippen molar-refractivity contribution in [2.45, 2.75) is 25.8 Å². The maximum Gasteiger partial charge on any atom is 0.244 e. The fourth-order valence-electron chi connectivity index (χ4n) is 3.73. The molecule has 0 atom stereocenters. The van der Waals surface area contributed by atoms with Crippen LogP contribution < -0.4 is 10.1 Å². The van der Waals surface area contributed by atoms with Gasteiger partial charge in [0.05, 0.1) is 30.3 Å². The number of hydrogen-bond acceptors (Lipinski definition) is 4. The maximum atomic E-state index is 12.8. The number of fused-ring (bicyclic) bond motifs is 1. The standard InChI is InChI=1S/C22H24N4O3/c1-29-19-11-5-3-9-17(19)24-21(27)15-26-18-10-4-2-8-16(18)23-20(26)14-22(28)25-12-6-7-13-25/h2-5,8-11H,6-7,12-15H2,1H3,(H,24,27). The van der Waals surface area contributed by atoms with Crippen LogP contribution in [0.4, 0.5) is 5.69 Å². The van der Waals surface area contributed by atoms with Gasteiger partial charge in [-0.25, -0.2) is 4.98 Å². The summed E-state index contributed by atoms with van der Waals surface area (Å²) in [5.41, 5.74) is 2.23. The number of ether oxygens (including phenoxy) is 1. The minimum absolute atomic E-state index is 0.0594. The van der Waals surface area contributed by atoms with E-state index < -0.39 is 0 Å². The molecule has 2 aromatic carbocycles. The van der Waals surface area contributed by atoms with E-state index in [1.165, 1.54) is 0 Å². The SMILES string of the molecule is COc1ccccc1NC(=O)Cn1c(CC(=O)N2CCCC2)nc2ccccc21. The lowest BCUT2D eigenvalue weighted by Gasteiger charge is -2.16. The highest BCUT2D eigenvalue weighted by Crippen LogP contribution is 2.24. The molecule has 3 aromatic rings. The predicted molar refractivity (Wildman–Crippen MR) is 111 cm³/mol. The average molecular weight is 392 g/mol. The molecule has 0 spiro atoms. The molecule has 4 rings (SSSR count). The second-order valence-electron chi connectivity index (χ2n) is 7.12. The van der Waals surface area contributed by atoms with Crippen LogP contribution in [0.15, 0.2) is 48.5 Å². The first kappa shape index (κ1) is 19.0. The summed E-state index contributed by atoms with van der Waals surface area (Å²) < 4.78 is 7.13. The highest BCUT2D eigenvalue weighted by atomic mass is 16.5. The zero-order valence-electron chi connectivity index (χ0n) is 16.4. The number of methoxy groups -OCH3 is 1. The van der Waals surface area contributed by atoms with E-state index in [1.54, 1.807) is 19.2 Å². The van der Waals surface area contributed by atoms with E-state index in [4.69, 9.17) is 4.74 Å². The van der Waals surface area contributed by atoms with Gasteiger partial charge in [-0.1, -0.05) is 24.3 Å². The number of hydrogen-bond donors (Lipinski definition) is 1. The zero-order valence-corrected chi connectivity index (χ0v) is 16.4. The number of aromatic nitrogens is 2. The van der Waals surface area contributed by atoms with Crippen LogP contribution in [-0.4, -0.2) is 46.5 Å². The molecular formula is C22H24N4O3. The number of likely N-dealkylation sites (tertiary alicyclic amines) is 1. The Balaban J connectivity index is 1.58. The summed E-state index contributed by atoms with van der Waals surface area (Å²) in [6.07, 6.45) is 2.28. The number of para-hydroxylation sites is 4. The lowest BCUT2D eigenvalue weighted by atomic mass is 10.3. The summed E-state index contributed by atoms with van der Waals surface area (Å²) in [6, 6.07) is 14.9. The number of carbonyl (C=O) groups excluding carboxylic acids is 2. The number of carbonyl (C=O) groups is 2. The molecule has 7 heteroatoms. The van der Waals surface area contributed by atoms with Crippen molar-refractivity contribution in [3.05, 3.63) is 54.4 Å². The second kappa shape index (κ2) is 8.34. The molecule has 1 aliphatic rings. The van der Waals surface area contributed by atoms with Crippen molar-refractivity contribution < 1.29 is 14.3 Å². The van der Waals surface area contributed by atoms with Crippen LogP contribution in [0.1, 0.15) is 18.7 Å². The van der Waals surface area contributed by atoms with Gasteiger partial charge in [0, 0.05) is 13.1 Å². The molecule has 0 unspecified atom stereocenters. The van der Waals surface area contributed by atoms with Crippen molar-refractivity contribution in [2.24, 2.45) is 0 Å². The highest BCUT2D eigenvalue weighted by Gasteiger charge is 2.22. The van der Waals surface area contributed by atoms with Gasteiger partial charge in [-0.15, -0.1) is 0 Å². The Morgan fingerprint density at radius 3 is 2.59 bits per heavy atom. The molecule has 1 saturated heterocycles. The Labute approximate surface area is 169 Å². The Morgan fingerprint density at radius 1 is 1.07 bits per heavy atom. The van der Waals surface area contributed by atoms with Crippen molar-refractivity contribution in [2.75, 3.05) is 25.5 Å². The van der Waals surface area contributed by atoms with Gasteiger partial charge in [-0.3, -0.25) is 9.59 Å². The Kier molecular flexibility index (Phi) is 5.46. The van der Waals surface area contributed by atoms with Gasteiger partial charge >= 0.3 is 0 Å². The molecular weight excluding hydrogens is 368 g/mol. The lowest BCUT2D eigenvalue weighted by Crippen LogP contribution is -2.30. The number of rotatable bonds is 6. The molecule has 1 aromatic heterocycles. The first-order chi connectivity index (χ1) is 14.2. The Hall–Kier alpha value is -3.35. The number of nitrogens with one attached hydrogen (secondary N) is 1. The summed E-state index contributed by atoms with van der Waals surface area (Å²) in [4.78, 5) is 31.9. The van der Waals surface area contributed by atoms with Crippen LogP contribution in [0.3, 0.4) is 0 Å². The molecule has 29 heavy (non-hydrogen) atoms. The third-order valence-corrected chi connectivity index (χ3v) is 5.18. The minimum atomic E-state index is -0.201. The summed E-state index contributed by atoms with van der Waals surface area (Å²) in [5.74, 6) is 1.07. The van der Waals surface area contributed by atoms with Crippen molar-refractivity contribution in [3.63, 3.8) is 0 Å². The molecule has 1 aliphatic heterocycles. The molecule has 0 aliphatic carbocycles. The van der Waals surface area contributed by atoms with E-state index in [9.17, 15) is 9.59 Å². The molecule has 0 radical (unpaired) electrons. The van der Waals surface area contributed by atoms with Gasteiger partial charge in [-0.2, -0.15) is 0 Å². The smallest absolute Gasteiger partial charge is 0.244 e. The van der Waals surface area contributed by atoms with Crippen molar-refractivity contribution in [1.82, 2.24) is 14.5 Å². The number of benzene rings is 2. The van der Waals surface area contributed by atoms with E-state index in [2.05, 4.69) is 10.3 Å². The summed E-state index contributed by atoms with van der Waals surface area (Å²) in [7, 11) is 1.57. The topological polar surface area (TPSA) is 76.5 Å². The first-order valence-corrected chi connectivity index (χ1v) is 9.80. The molecule has 7 nitrogen and oxygen atoms in total. The molecule has 1 fully saturated rings. The number of amides is 2. The molecule has 2 amide bonds. The van der Waals surface area contributed by atoms with Crippen LogP contribution in [0, 0.1) is 0 Å². The summed E-state index contributed by atoms with van der Waals surface area (Å²) >= 11 is 0.